The largest absolute Gasteiger partial charge is 0.369 e. The first-order chi connectivity index (χ1) is 8.69. The summed E-state index contributed by atoms with van der Waals surface area (Å²) in [4.78, 5) is 15.2. The first-order valence-electron chi connectivity index (χ1n) is 5.62. The van der Waals surface area contributed by atoms with Gasteiger partial charge in [0.25, 0.3) is 0 Å². The van der Waals surface area contributed by atoms with E-state index in [4.69, 9.17) is 5.73 Å². The van der Waals surface area contributed by atoms with Crippen LogP contribution in [0.15, 0.2) is 23.2 Å². The highest BCUT2D eigenvalue weighted by Gasteiger charge is 2.24. The van der Waals surface area contributed by atoms with Gasteiger partial charge in [-0.2, -0.15) is 0 Å². The van der Waals surface area contributed by atoms with E-state index in [-0.39, 0.29) is 4.90 Å². The van der Waals surface area contributed by atoms with Crippen molar-refractivity contribution in [3.05, 3.63) is 18.3 Å². The Bertz CT molecular complexity index is 552. The molecule has 1 rings (SSSR count). The van der Waals surface area contributed by atoms with Gasteiger partial charge < -0.3 is 11.1 Å². The molecule has 0 spiro atoms. The van der Waals surface area contributed by atoms with Crippen molar-refractivity contribution < 1.29 is 13.2 Å². The number of aromatic nitrogens is 1. The number of sulfonamides is 1. The van der Waals surface area contributed by atoms with Crippen molar-refractivity contribution in [2.75, 3.05) is 18.9 Å². The van der Waals surface area contributed by atoms with Crippen LogP contribution < -0.4 is 15.8 Å². The van der Waals surface area contributed by atoms with E-state index in [9.17, 15) is 13.2 Å². The van der Waals surface area contributed by atoms with E-state index in [0.717, 1.165) is 0 Å². The van der Waals surface area contributed by atoms with Gasteiger partial charge in [-0.05, 0) is 33.0 Å². The molecule has 0 aliphatic heterocycles. The molecule has 0 saturated heterocycles. The lowest BCUT2D eigenvalue weighted by Gasteiger charge is -2.21. The van der Waals surface area contributed by atoms with Crippen LogP contribution in [0.2, 0.25) is 0 Å². The highest BCUT2D eigenvalue weighted by molar-refractivity contribution is 7.89. The summed E-state index contributed by atoms with van der Waals surface area (Å²) >= 11 is 0. The Kier molecular flexibility index (Phi) is 4.48. The standard InChI is InChI=1S/C11H18N4O3S/c1-11(2,10(12)16)7-15-9-5-4-8(6-14-9)19(17,18)13-3/h4-6,13H,7H2,1-3H3,(H2,12,16)(H,14,15). The number of hydrogen-bond acceptors (Lipinski definition) is 5. The van der Waals surface area contributed by atoms with Crippen LogP contribution >= 0.6 is 0 Å². The maximum absolute atomic E-state index is 11.5. The SMILES string of the molecule is CNS(=O)(=O)c1ccc(NCC(C)(C)C(N)=O)nc1. The van der Waals surface area contributed by atoms with E-state index in [1.165, 1.54) is 25.4 Å². The number of nitrogens with zero attached hydrogens (tertiary/aromatic N) is 1. The molecule has 0 aromatic carbocycles. The Balaban J connectivity index is 2.77. The molecule has 0 aliphatic rings. The molecule has 1 aromatic heterocycles. The molecule has 4 N–H and O–H groups in total. The third-order valence-corrected chi connectivity index (χ3v) is 4.09. The van der Waals surface area contributed by atoms with Gasteiger partial charge in [0.2, 0.25) is 15.9 Å². The van der Waals surface area contributed by atoms with Crippen molar-refractivity contribution in [2.24, 2.45) is 11.1 Å². The molecule has 1 heterocycles. The Morgan fingerprint density at radius 1 is 1.42 bits per heavy atom. The molecular weight excluding hydrogens is 268 g/mol. The minimum absolute atomic E-state index is 0.0784. The van der Waals surface area contributed by atoms with Gasteiger partial charge in [-0.3, -0.25) is 4.79 Å². The summed E-state index contributed by atoms with van der Waals surface area (Å²) in [6, 6.07) is 2.96. The van der Waals surface area contributed by atoms with Crippen molar-refractivity contribution in [3.63, 3.8) is 0 Å². The van der Waals surface area contributed by atoms with Gasteiger partial charge in [-0.25, -0.2) is 18.1 Å². The van der Waals surface area contributed by atoms with E-state index >= 15 is 0 Å². The fourth-order valence-corrected chi connectivity index (χ4v) is 1.83. The predicted octanol–water partition coefficient (Wildman–Crippen LogP) is -0.0869. The lowest BCUT2D eigenvalue weighted by atomic mass is 9.93. The molecule has 0 atom stereocenters. The zero-order chi connectivity index (χ0) is 14.7. The highest BCUT2D eigenvalue weighted by Crippen LogP contribution is 2.16. The van der Waals surface area contributed by atoms with Gasteiger partial charge in [-0.1, -0.05) is 0 Å². The summed E-state index contributed by atoms with van der Waals surface area (Å²) in [5.74, 6) is 0.0544. The van der Waals surface area contributed by atoms with Gasteiger partial charge in [0, 0.05) is 12.7 Å². The average molecular weight is 286 g/mol. The molecule has 1 aromatic rings. The van der Waals surface area contributed by atoms with Gasteiger partial charge in [0.15, 0.2) is 0 Å². The molecule has 0 aliphatic carbocycles. The number of carbonyl (C=O) groups excluding carboxylic acids is 1. The van der Waals surface area contributed by atoms with E-state index in [0.29, 0.717) is 12.4 Å². The number of nitrogens with one attached hydrogen (secondary N) is 2. The minimum atomic E-state index is -3.49. The fraction of sp³-hybridized carbons (Fsp3) is 0.455. The van der Waals surface area contributed by atoms with E-state index < -0.39 is 21.3 Å². The zero-order valence-electron chi connectivity index (χ0n) is 11.1. The number of amides is 1. The number of carbonyl (C=O) groups is 1. The quantitative estimate of drug-likeness (QED) is 0.676. The van der Waals surface area contributed by atoms with Gasteiger partial charge in [-0.15, -0.1) is 0 Å². The second-order valence-corrected chi connectivity index (χ2v) is 6.57. The Labute approximate surface area is 112 Å². The molecule has 0 saturated carbocycles. The molecule has 0 unspecified atom stereocenters. The van der Waals surface area contributed by atoms with Crippen molar-refractivity contribution in [3.8, 4) is 0 Å². The Morgan fingerprint density at radius 2 is 2.05 bits per heavy atom. The molecular formula is C11H18N4O3S. The summed E-state index contributed by atoms with van der Waals surface area (Å²) in [6.07, 6.45) is 1.24. The number of rotatable bonds is 6. The third-order valence-electron chi connectivity index (χ3n) is 2.69. The molecule has 19 heavy (non-hydrogen) atoms. The highest BCUT2D eigenvalue weighted by atomic mass is 32.2. The van der Waals surface area contributed by atoms with Crippen molar-refractivity contribution in [2.45, 2.75) is 18.7 Å². The number of pyridine rings is 1. The maximum Gasteiger partial charge on any atom is 0.241 e. The summed E-state index contributed by atoms with van der Waals surface area (Å²) in [6.45, 7) is 3.73. The van der Waals surface area contributed by atoms with Crippen molar-refractivity contribution >= 4 is 21.7 Å². The van der Waals surface area contributed by atoms with Crippen LogP contribution in [-0.2, 0) is 14.8 Å². The minimum Gasteiger partial charge on any atom is -0.369 e. The van der Waals surface area contributed by atoms with Crippen LogP contribution in [0.3, 0.4) is 0 Å². The second-order valence-electron chi connectivity index (χ2n) is 4.69. The molecule has 0 bridgehead atoms. The van der Waals surface area contributed by atoms with Gasteiger partial charge in [0.1, 0.15) is 10.7 Å². The number of nitrogens with two attached hydrogens (primary N) is 1. The monoisotopic (exact) mass is 286 g/mol. The lowest BCUT2D eigenvalue weighted by Crippen LogP contribution is -2.37. The van der Waals surface area contributed by atoms with E-state index in [1.54, 1.807) is 13.8 Å². The fourth-order valence-electron chi connectivity index (χ4n) is 1.16. The summed E-state index contributed by atoms with van der Waals surface area (Å²) in [5, 5.41) is 2.94. The van der Waals surface area contributed by atoms with Crippen LogP contribution in [0.25, 0.3) is 0 Å². The first-order valence-corrected chi connectivity index (χ1v) is 7.11. The normalized spacial score (nSPS) is 12.2. The van der Waals surface area contributed by atoms with Crippen LogP contribution in [0.5, 0.6) is 0 Å². The van der Waals surface area contributed by atoms with Crippen LogP contribution in [-0.4, -0.2) is 32.9 Å². The van der Waals surface area contributed by atoms with Crippen molar-refractivity contribution in [1.82, 2.24) is 9.71 Å². The van der Waals surface area contributed by atoms with E-state index in [1.807, 2.05) is 0 Å². The smallest absolute Gasteiger partial charge is 0.241 e. The zero-order valence-corrected chi connectivity index (χ0v) is 11.9. The lowest BCUT2D eigenvalue weighted by molar-refractivity contribution is -0.125. The summed E-state index contributed by atoms with van der Waals surface area (Å²) < 4.78 is 25.2. The predicted molar refractivity (Wildman–Crippen MR) is 71.9 cm³/mol. The third kappa shape index (κ3) is 3.90. The molecule has 1 amide bonds. The maximum atomic E-state index is 11.5. The topological polar surface area (TPSA) is 114 Å². The second kappa shape index (κ2) is 5.54. The number of primary amides is 1. The Morgan fingerprint density at radius 3 is 2.47 bits per heavy atom. The number of hydrogen-bond donors (Lipinski definition) is 3. The van der Waals surface area contributed by atoms with Crippen LogP contribution in [0, 0.1) is 5.41 Å². The van der Waals surface area contributed by atoms with Gasteiger partial charge >= 0.3 is 0 Å². The molecule has 0 radical (unpaired) electrons. The molecule has 7 nitrogen and oxygen atoms in total. The first kappa shape index (κ1) is 15.4. The van der Waals surface area contributed by atoms with E-state index in [2.05, 4.69) is 15.0 Å². The van der Waals surface area contributed by atoms with Gasteiger partial charge in [0.05, 0.1) is 5.41 Å². The molecule has 0 fully saturated rings. The average Bonchev–Trinajstić information content (AvgIpc) is 2.37. The molecule has 8 heteroatoms. The summed E-state index contributed by atoms with van der Waals surface area (Å²) in [5.41, 5.74) is 4.54. The number of anilines is 1. The molecule has 106 valence electrons. The van der Waals surface area contributed by atoms with Crippen LogP contribution in [0.4, 0.5) is 5.82 Å². The van der Waals surface area contributed by atoms with Crippen molar-refractivity contribution in [1.29, 1.82) is 0 Å². The van der Waals surface area contributed by atoms with Crippen LogP contribution in [0.1, 0.15) is 13.8 Å². The Hall–Kier alpha value is -1.67. The summed E-state index contributed by atoms with van der Waals surface area (Å²) in [7, 11) is -2.16.